The van der Waals surface area contributed by atoms with Crippen molar-refractivity contribution >= 4 is 56.0 Å². The van der Waals surface area contributed by atoms with Crippen LogP contribution in [0, 0.1) is 0 Å². The van der Waals surface area contributed by atoms with Crippen LogP contribution >= 0.6 is 27.5 Å². The molecule has 1 aromatic heterocycles. The Morgan fingerprint density at radius 1 is 1.40 bits per heavy atom. The van der Waals surface area contributed by atoms with Crippen LogP contribution < -0.4 is 0 Å². The van der Waals surface area contributed by atoms with Crippen LogP contribution in [-0.2, 0) is 11.4 Å². The van der Waals surface area contributed by atoms with E-state index in [-0.39, 0.29) is 0 Å². The van der Waals surface area contributed by atoms with Crippen molar-refractivity contribution in [1.82, 2.24) is 4.98 Å². The van der Waals surface area contributed by atoms with Crippen LogP contribution in [0.15, 0.2) is 33.1 Å². The summed E-state index contributed by atoms with van der Waals surface area (Å²) < 4.78 is 16.5. The molecule has 0 aliphatic carbocycles. The third-order valence-corrected chi connectivity index (χ3v) is 4.88. The fourth-order valence-electron chi connectivity index (χ4n) is 1.51. The number of para-hydroxylation sites is 1. The number of halogens is 2. The maximum absolute atomic E-state index is 11.9. The van der Waals surface area contributed by atoms with Crippen molar-refractivity contribution in [3.63, 3.8) is 0 Å². The molecule has 2 rings (SSSR count). The Kier molecular flexibility index (Phi) is 4.74. The molecule has 0 bridgehead atoms. The van der Waals surface area contributed by atoms with E-state index in [1.165, 1.54) is 6.21 Å². The number of nitrogens with zero attached hydrogens (tertiary/aromatic N) is 2. The van der Waals surface area contributed by atoms with Crippen molar-refractivity contribution in [2.24, 2.45) is 4.40 Å². The first-order chi connectivity index (χ1) is 9.29. The zero-order valence-electron chi connectivity index (χ0n) is 11.4. The van der Waals surface area contributed by atoms with Crippen LogP contribution in [0.4, 0.5) is 0 Å². The molecule has 0 radical (unpaired) electrons. The molecule has 0 amide bonds. The molecule has 3 nitrogen and oxygen atoms in total. The highest BCUT2D eigenvalue weighted by atomic mass is 79.9. The molecule has 1 atom stereocenters. The minimum absolute atomic E-state index is 0.346. The number of pyridine rings is 1. The average molecular weight is 374 g/mol. The summed E-state index contributed by atoms with van der Waals surface area (Å²) in [5.41, 5.74) is 1.46. The van der Waals surface area contributed by atoms with Gasteiger partial charge in [0, 0.05) is 15.4 Å². The van der Waals surface area contributed by atoms with Crippen molar-refractivity contribution in [2.45, 2.75) is 25.5 Å². The highest BCUT2D eigenvalue weighted by Gasteiger charge is 2.25. The third-order valence-electron chi connectivity index (χ3n) is 2.59. The first-order valence-corrected chi connectivity index (χ1v) is 8.27. The lowest BCUT2D eigenvalue weighted by Crippen LogP contribution is -2.25. The maximum Gasteiger partial charge on any atom is 0.144 e. The van der Waals surface area contributed by atoms with Gasteiger partial charge < -0.3 is 4.55 Å². The summed E-state index contributed by atoms with van der Waals surface area (Å²) in [5.74, 6) is 0. The summed E-state index contributed by atoms with van der Waals surface area (Å²) in [7, 11) is 0. The average Bonchev–Trinajstić information content (AvgIpc) is 2.36. The molecule has 1 heterocycles. The van der Waals surface area contributed by atoms with Crippen molar-refractivity contribution in [3.8, 4) is 0 Å². The summed E-state index contributed by atoms with van der Waals surface area (Å²) in [4.78, 5) is 4.34. The number of fused-ring (bicyclic) bond motifs is 1. The Hall–Kier alpha value is -0.620. The summed E-state index contributed by atoms with van der Waals surface area (Å²) in [6.07, 6.45) is 1.52. The van der Waals surface area contributed by atoms with Gasteiger partial charge in [-0.15, -0.1) is 0 Å². The van der Waals surface area contributed by atoms with Crippen LogP contribution in [0.25, 0.3) is 10.9 Å². The molecule has 20 heavy (non-hydrogen) atoms. The third kappa shape index (κ3) is 3.52. The van der Waals surface area contributed by atoms with Gasteiger partial charge in [0.1, 0.15) is 21.3 Å². The van der Waals surface area contributed by atoms with Crippen LogP contribution in [0.3, 0.4) is 0 Å². The van der Waals surface area contributed by atoms with Gasteiger partial charge in [-0.25, -0.2) is 4.98 Å². The molecule has 0 fully saturated rings. The van der Waals surface area contributed by atoms with Gasteiger partial charge >= 0.3 is 0 Å². The number of benzene rings is 1. The summed E-state index contributed by atoms with van der Waals surface area (Å²) in [5, 5.41) is 1.30. The Balaban J connectivity index is 2.41. The molecule has 0 spiro atoms. The summed E-state index contributed by atoms with van der Waals surface area (Å²) in [6.45, 7) is 5.62. The van der Waals surface area contributed by atoms with Crippen LogP contribution in [0.1, 0.15) is 26.3 Å². The van der Waals surface area contributed by atoms with Crippen LogP contribution in [0.5, 0.6) is 0 Å². The molecule has 2 aromatic rings. The lowest BCUT2D eigenvalue weighted by molar-refractivity contribution is 0.562. The molecule has 0 aliphatic rings. The van der Waals surface area contributed by atoms with Gasteiger partial charge in [0.05, 0.1) is 11.7 Å². The zero-order chi connectivity index (χ0) is 14.9. The lowest BCUT2D eigenvalue weighted by Gasteiger charge is -2.17. The topological polar surface area (TPSA) is 48.3 Å². The maximum atomic E-state index is 11.9. The number of hydrogen-bond acceptors (Lipinski definition) is 3. The Labute approximate surface area is 134 Å². The Morgan fingerprint density at radius 3 is 2.75 bits per heavy atom. The molecule has 0 aliphatic heterocycles. The number of hydrogen-bond donors (Lipinski definition) is 0. The number of rotatable bonds is 2. The predicted molar refractivity (Wildman–Crippen MR) is 89.9 cm³/mol. The molecule has 1 aromatic carbocycles. The van der Waals surface area contributed by atoms with E-state index in [1.54, 1.807) is 0 Å². The van der Waals surface area contributed by atoms with E-state index < -0.39 is 16.1 Å². The minimum atomic E-state index is -1.31. The summed E-state index contributed by atoms with van der Waals surface area (Å²) in [6, 6.07) is 7.67. The normalized spacial score (nSPS) is 14.1. The largest absolute Gasteiger partial charge is 0.591 e. The van der Waals surface area contributed by atoms with Gasteiger partial charge in [-0.05, 0) is 48.8 Å². The SMILES string of the molecule is CC(C)(C)[S@@+]([O-])/N=C/c1cc2cccc(Br)c2nc1Cl. The van der Waals surface area contributed by atoms with Crippen molar-refractivity contribution in [2.75, 3.05) is 0 Å². The highest BCUT2D eigenvalue weighted by molar-refractivity contribution is 9.10. The molecule has 6 heteroatoms. The first-order valence-electron chi connectivity index (χ1n) is 6.00. The standard InChI is InChI=1S/C14H14BrClN2OS/c1-14(2,3)20(19)17-8-10-7-9-5-4-6-11(15)12(9)18-13(10)16/h4-8H,1-3H3/b17-8+/t20-/m1/s1. The van der Waals surface area contributed by atoms with Gasteiger partial charge in [0.25, 0.3) is 0 Å². The highest BCUT2D eigenvalue weighted by Crippen LogP contribution is 2.26. The number of aromatic nitrogens is 1. The van der Waals surface area contributed by atoms with Crippen molar-refractivity contribution in [3.05, 3.63) is 39.5 Å². The Bertz CT molecular complexity index is 670. The van der Waals surface area contributed by atoms with E-state index in [9.17, 15) is 4.55 Å². The Morgan fingerprint density at radius 2 is 2.10 bits per heavy atom. The van der Waals surface area contributed by atoms with Gasteiger partial charge in [-0.3, -0.25) is 0 Å². The van der Waals surface area contributed by atoms with Crippen LogP contribution in [0.2, 0.25) is 5.15 Å². The zero-order valence-corrected chi connectivity index (χ0v) is 14.5. The van der Waals surface area contributed by atoms with Gasteiger partial charge in [0.15, 0.2) is 0 Å². The van der Waals surface area contributed by atoms with Gasteiger partial charge in [-0.2, -0.15) is 0 Å². The van der Waals surface area contributed by atoms with E-state index in [2.05, 4.69) is 25.3 Å². The fraction of sp³-hybridized carbons (Fsp3) is 0.286. The molecular formula is C14H14BrClN2OS. The monoisotopic (exact) mass is 372 g/mol. The predicted octanol–water partition coefficient (Wildman–Crippen LogP) is 4.53. The molecule has 0 unspecified atom stereocenters. The summed E-state index contributed by atoms with van der Waals surface area (Å²) >= 11 is 8.28. The van der Waals surface area contributed by atoms with Crippen molar-refractivity contribution < 1.29 is 4.55 Å². The molecule has 0 N–H and O–H groups in total. The molecule has 0 saturated heterocycles. The molecular weight excluding hydrogens is 360 g/mol. The van der Waals surface area contributed by atoms with Gasteiger partial charge in [-0.1, -0.05) is 28.1 Å². The second kappa shape index (κ2) is 6.02. The fourth-order valence-corrected chi connectivity index (χ4v) is 2.69. The van der Waals surface area contributed by atoms with E-state index >= 15 is 0 Å². The van der Waals surface area contributed by atoms with E-state index in [0.717, 1.165) is 15.4 Å². The smallest absolute Gasteiger partial charge is 0.144 e. The van der Waals surface area contributed by atoms with Crippen molar-refractivity contribution in [1.29, 1.82) is 0 Å². The molecule has 106 valence electrons. The second-order valence-corrected chi connectivity index (χ2v) is 8.42. The van der Waals surface area contributed by atoms with E-state index in [4.69, 9.17) is 11.6 Å². The van der Waals surface area contributed by atoms with Crippen LogP contribution in [-0.4, -0.2) is 20.5 Å². The van der Waals surface area contributed by atoms with Gasteiger partial charge in [0.2, 0.25) is 0 Å². The lowest BCUT2D eigenvalue weighted by atomic mass is 10.2. The first kappa shape index (κ1) is 15.8. The molecule has 0 saturated carbocycles. The van der Waals surface area contributed by atoms with E-state index in [0.29, 0.717) is 10.7 Å². The minimum Gasteiger partial charge on any atom is -0.591 e. The van der Waals surface area contributed by atoms with E-state index in [1.807, 2.05) is 45.0 Å². The quantitative estimate of drug-likeness (QED) is 0.441. The second-order valence-electron chi connectivity index (χ2n) is 5.28.